The Morgan fingerprint density at radius 1 is 1.39 bits per heavy atom. The maximum absolute atomic E-state index is 13.2. The smallest absolute Gasteiger partial charge is 0.159 e. The van der Waals surface area contributed by atoms with Gasteiger partial charge in [-0.3, -0.25) is 11.3 Å². The number of hydrogen-bond donors (Lipinski definition) is 2. The van der Waals surface area contributed by atoms with E-state index in [1.165, 1.54) is 6.07 Å². The summed E-state index contributed by atoms with van der Waals surface area (Å²) in [5.74, 6) is 3.72. The molecule has 1 atom stereocenters. The molecule has 0 saturated carbocycles. The molecule has 0 aliphatic carbocycles. The fourth-order valence-corrected chi connectivity index (χ4v) is 2.34. The quantitative estimate of drug-likeness (QED) is 0.662. The molecule has 0 saturated heterocycles. The van der Waals surface area contributed by atoms with E-state index < -0.39 is 11.6 Å². The van der Waals surface area contributed by atoms with Crippen molar-refractivity contribution in [2.45, 2.75) is 19.4 Å². The van der Waals surface area contributed by atoms with Crippen molar-refractivity contribution in [3.05, 3.63) is 51.5 Å². The topological polar surface area (TPSA) is 50.9 Å². The van der Waals surface area contributed by atoms with Crippen molar-refractivity contribution >= 4 is 11.3 Å². The predicted octanol–water partition coefficient (Wildman–Crippen LogP) is 2.48. The number of nitrogens with zero attached hydrogens (tertiary/aromatic N) is 1. The summed E-state index contributed by atoms with van der Waals surface area (Å²) in [6, 6.07) is 3.48. The molecule has 0 aliphatic heterocycles. The number of hydrogen-bond acceptors (Lipinski definition) is 4. The van der Waals surface area contributed by atoms with Gasteiger partial charge in [0, 0.05) is 11.8 Å². The maximum Gasteiger partial charge on any atom is 0.159 e. The highest BCUT2D eigenvalue weighted by molar-refractivity contribution is 7.09. The van der Waals surface area contributed by atoms with E-state index in [2.05, 4.69) is 10.4 Å². The largest absolute Gasteiger partial charge is 0.271 e. The summed E-state index contributed by atoms with van der Waals surface area (Å²) in [5.41, 5.74) is 4.08. The van der Waals surface area contributed by atoms with Gasteiger partial charge in [-0.2, -0.15) is 0 Å². The Morgan fingerprint density at radius 3 is 2.72 bits per heavy atom. The van der Waals surface area contributed by atoms with Gasteiger partial charge in [-0.05, 0) is 24.6 Å². The zero-order valence-electron chi connectivity index (χ0n) is 9.78. The summed E-state index contributed by atoms with van der Waals surface area (Å²) in [7, 11) is 0. The zero-order valence-corrected chi connectivity index (χ0v) is 10.6. The van der Waals surface area contributed by atoms with Gasteiger partial charge in [-0.15, -0.1) is 11.3 Å². The van der Waals surface area contributed by atoms with E-state index in [0.29, 0.717) is 12.0 Å². The minimum absolute atomic E-state index is 0.290. The van der Waals surface area contributed by atoms with E-state index in [9.17, 15) is 8.78 Å². The molecule has 0 aliphatic rings. The Labute approximate surface area is 108 Å². The molecule has 2 aromatic rings. The van der Waals surface area contributed by atoms with Crippen LogP contribution in [0.15, 0.2) is 23.6 Å². The molecular formula is C12H13F2N3S. The Morgan fingerprint density at radius 2 is 2.17 bits per heavy atom. The highest BCUT2D eigenvalue weighted by Crippen LogP contribution is 2.20. The third kappa shape index (κ3) is 2.90. The van der Waals surface area contributed by atoms with E-state index in [0.717, 1.165) is 22.8 Å². The SMILES string of the molecule is Cc1nc(CC(NN)c2ccc(F)c(F)c2)cs1. The number of halogens is 2. The number of thiazole rings is 1. The number of aromatic nitrogens is 1. The first-order chi connectivity index (χ1) is 8.60. The molecule has 1 unspecified atom stereocenters. The van der Waals surface area contributed by atoms with Gasteiger partial charge in [0.05, 0.1) is 16.7 Å². The van der Waals surface area contributed by atoms with E-state index in [1.54, 1.807) is 11.3 Å². The Balaban J connectivity index is 2.19. The first-order valence-corrected chi connectivity index (χ1v) is 6.30. The van der Waals surface area contributed by atoms with Gasteiger partial charge in [0.15, 0.2) is 11.6 Å². The molecule has 18 heavy (non-hydrogen) atoms. The lowest BCUT2D eigenvalue weighted by molar-refractivity contribution is 0.496. The average molecular weight is 269 g/mol. The molecule has 1 aromatic heterocycles. The second kappa shape index (κ2) is 5.51. The van der Waals surface area contributed by atoms with Crippen LogP contribution in [-0.2, 0) is 6.42 Å². The third-order valence-corrected chi connectivity index (χ3v) is 3.45. The van der Waals surface area contributed by atoms with Gasteiger partial charge in [-0.25, -0.2) is 13.8 Å². The van der Waals surface area contributed by atoms with Crippen LogP contribution in [0.3, 0.4) is 0 Å². The molecule has 0 spiro atoms. The molecule has 6 heteroatoms. The molecule has 96 valence electrons. The molecule has 2 rings (SSSR count). The number of nitrogens with one attached hydrogen (secondary N) is 1. The molecule has 3 N–H and O–H groups in total. The van der Waals surface area contributed by atoms with Gasteiger partial charge < -0.3 is 0 Å². The normalized spacial score (nSPS) is 12.7. The van der Waals surface area contributed by atoms with Crippen LogP contribution in [0.25, 0.3) is 0 Å². The monoisotopic (exact) mass is 269 g/mol. The van der Waals surface area contributed by atoms with Crippen LogP contribution in [0, 0.1) is 18.6 Å². The number of hydrazine groups is 1. The van der Waals surface area contributed by atoms with Gasteiger partial charge in [0.1, 0.15) is 0 Å². The lowest BCUT2D eigenvalue weighted by Crippen LogP contribution is -2.29. The van der Waals surface area contributed by atoms with Gasteiger partial charge in [0.25, 0.3) is 0 Å². The van der Waals surface area contributed by atoms with Crippen molar-refractivity contribution in [1.82, 2.24) is 10.4 Å². The van der Waals surface area contributed by atoms with E-state index in [4.69, 9.17) is 5.84 Å². The van der Waals surface area contributed by atoms with Crippen molar-refractivity contribution in [2.24, 2.45) is 5.84 Å². The van der Waals surface area contributed by atoms with E-state index in [1.807, 2.05) is 12.3 Å². The van der Waals surface area contributed by atoms with Crippen molar-refractivity contribution in [3.8, 4) is 0 Å². The molecular weight excluding hydrogens is 256 g/mol. The molecule has 0 radical (unpaired) electrons. The first-order valence-electron chi connectivity index (χ1n) is 5.42. The zero-order chi connectivity index (χ0) is 13.1. The Hall–Kier alpha value is -1.37. The minimum atomic E-state index is -0.873. The van der Waals surface area contributed by atoms with Gasteiger partial charge in [-0.1, -0.05) is 6.07 Å². The van der Waals surface area contributed by atoms with E-state index in [-0.39, 0.29) is 6.04 Å². The summed E-state index contributed by atoms with van der Waals surface area (Å²) in [6.07, 6.45) is 0.534. The van der Waals surface area contributed by atoms with Crippen molar-refractivity contribution in [3.63, 3.8) is 0 Å². The summed E-state index contributed by atoms with van der Waals surface area (Å²) in [5, 5.41) is 2.89. The average Bonchev–Trinajstić information content (AvgIpc) is 2.75. The van der Waals surface area contributed by atoms with Crippen LogP contribution >= 0.6 is 11.3 Å². The maximum atomic E-state index is 13.2. The fourth-order valence-electron chi connectivity index (χ4n) is 1.71. The standard InChI is InChI=1S/C12H13F2N3S/c1-7-16-9(6-18-7)5-12(17-15)8-2-3-10(13)11(14)4-8/h2-4,6,12,17H,5,15H2,1H3. The fraction of sp³-hybridized carbons (Fsp3) is 0.250. The summed E-state index contributed by atoms with van der Waals surface area (Å²) < 4.78 is 26.0. The third-order valence-electron chi connectivity index (χ3n) is 2.63. The van der Waals surface area contributed by atoms with Crippen LogP contribution in [0.1, 0.15) is 22.3 Å². The number of nitrogens with two attached hydrogens (primary N) is 1. The van der Waals surface area contributed by atoms with Gasteiger partial charge >= 0.3 is 0 Å². The second-order valence-electron chi connectivity index (χ2n) is 3.95. The summed E-state index contributed by atoms with van der Waals surface area (Å²) >= 11 is 1.54. The molecule has 3 nitrogen and oxygen atoms in total. The predicted molar refractivity (Wildman–Crippen MR) is 67.0 cm³/mol. The van der Waals surface area contributed by atoms with E-state index >= 15 is 0 Å². The molecule has 0 bridgehead atoms. The molecule has 0 amide bonds. The van der Waals surface area contributed by atoms with Crippen molar-refractivity contribution in [1.29, 1.82) is 0 Å². The van der Waals surface area contributed by atoms with Crippen molar-refractivity contribution < 1.29 is 8.78 Å². The Kier molecular flexibility index (Phi) is 4.00. The van der Waals surface area contributed by atoms with Crippen LogP contribution in [0.5, 0.6) is 0 Å². The lowest BCUT2D eigenvalue weighted by atomic mass is 10.0. The van der Waals surface area contributed by atoms with Crippen LogP contribution in [0.2, 0.25) is 0 Å². The highest BCUT2D eigenvalue weighted by Gasteiger charge is 2.14. The molecule has 1 heterocycles. The second-order valence-corrected chi connectivity index (χ2v) is 5.02. The molecule has 0 fully saturated rings. The first kappa shape index (κ1) is 13.1. The van der Waals surface area contributed by atoms with Crippen molar-refractivity contribution in [2.75, 3.05) is 0 Å². The number of rotatable bonds is 4. The van der Waals surface area contributed by atoms with Crippen LogP contribution in [-0.4, -0.2) is 4.98 Å². The lowest BCUT2D eigenvalue weighted by Gasteiger charge is -2.15. The van der Waals surface area contributed by atoms with Crippen LogP contribution in [0.4, 0.5) is 8.78 Å². The van der Waals surface area contributed by atoms with Gasteiger partial charge in [0.2, 0.25) is 0 Å². The highest BCUT2D eigenvalue weighted by atomic mass is 32.1. The van der Waals surface area contributed by atoms with Crippen LogP contribution < -0.4 is 11.3 Å². The molecule has 1 aromatic carbocycles. The Bertz CT molecular complexity index is 542. The summed E-state index contributed by atoms with van der Waals surface area (Å²) in [4.78, 5) is 4.32. The minimum Gasteiger partial charge on any atom is -0.271 e. The number of benzene rings is 1. The number of aryl methyl sites for hydroxylation is 1. The summed E-state index contributed by atoms with van der Waals surface area (Å²) in [6.45, 7) is 1.91.